The van der Waals surface area contributed by atoms with Crippen molar-refractivity contribution in [1.82, 2.24) is 15.1 Å². The van der Waals surface area contributed by atoms with Gasteiger partial charge in [0.1, 0.15) is 11.4 Å². The van der Waals surface area contributed by atoms with Crippen LogP contribution in [-0.4, -0.2) is 59.3 Å². The van der Waals surface area contributed by atoms with Crippen molar-refractivity contribution in [3.63, 3.8) is 0 Å². The van der Waals surface area contributed by atoms with Gasteiger partial charge in [-0.3, -0.25) is 14.7 Å². The molecule has 0 unspecified atom stereocenters. The Morgan fingerprint density at radius 1 is 1.30 bits per heavy atom. The molecule has 2 heterocycles. The van der Waals surface area contributed by atoms with Crippen molar-refractivity contribution in [3.8, 4) is 0 Å². The summed E-state index contributed by atoms with van der Waals surface area (Å²) in [6, 6.07) is 10.1. The lowest BCUT2D eigenvalue weighted by Gasteiger charge is -2.27. The van der Waals surface area contributed by atoms with Crippen LogP contribution in [0.15, 0.2) is 35.3 Å². The van der Waals surface area contributed by atoms with Gasteiger partial charge in [-0.1, -0.05) is 30.3 Å². The van der Waals surface area contributed by atoms with Crippen LogP contribution in [0.5, 0.6) is 0 Å². The summed E-state index contributed by atoms with van der Waals surface area (Å²) >= 11 is 0. The van der Waals surface area contributed by atoms with Gasteiger partial charge < -0.3 is 10.2 Å². The molecule has 0 bridgehead atoms. The standard InChI is InChI=1S/C21H28N4O2/c1-3-25-15(2)23-21(19(25)26)11-9-17-13-24(14-18(17)21)20(27)22-12-10-16-7-5-4-6-8-16/h4-8,17-18H,3,9-14H2,1-2H3,(H,22,27)/t17-,18+,21-/m1/s1. The zero-order valence-electron chi connectivity index (χ0n) is 16.1. The summed E-state index contributed by atoms with van der Waals surface area (Å²) in [7, 11) is 0. The summed E-state index contributed by atoms with van der Waals surface area (Å²) in [5.74, 6) is 1.49. The van der Waals surface area contributed by atoms with Crippen molar-refractivity contribution in [3.05, 3.63) is 35.9 Å². The number of likely N-dealkylation sites (N-methyl/N-ethyl adjacent to an activating group) is 1. The molecule has 1 saturated carbocycles. The third-order valence-corrected chi connectivity index (χ3v) is 6.45. The number of hydrogen-bond donors (Lipinski definition) is 1. The first-order chi connectivity index (χ1) is 13.0. The monoisotopic (exact) mass is 368 g/mol. The van der Waals surface area contributed by atoms with E-state index in [-0.39, 0.29) is 17.9 Å². The molecule has 2 aliphatic heterocycles. The summed E-state index contributed by atoms with van der Waals surface area (Å²) in [6.07, 6.45) is 2.61. The Morgan fingerprint density at radius 2 is 2.07 bits per heavy atom. The van der Waals surface area contributed by atoms with E-state index in [1.54, 1.807) is 4.90 Å². The predicted molar refractivity (Wildman–Crippen MR) is 105 cm³/mol. The van der Waals surface area contributed by atoms with E-state index < -0.39 is 5.54 Å². The Kier molecular flexibility index (Phi) is 4.66. The molecule has 6 heteroatoms. The SMILES string of the molecule is CCN1C(=O)[C@]2(CC[C@@H]3CN(C(=O)NCCc4ccccc4)C[C@@H]32)N=C1C. The molecule has 4 rings (SSSR count). The van der Waals surface area contributed by atoms with Crippen LogP contribution in [0.3, 0.4) is 0 Å². The second-order valence-corrected chi connectivity index (χ2v) is 7.91. The molecule has 1 aromatic carbocycles. The van der Waals surface area contributed by atoms with Gasteiger partial charge in [0, 0.05) is 32.1 Å². The molecule has 27 heavy (non-hydrogen) atoms. The maximum absolute atomic E-state index is 13.0. The lowest BCUT2D eigenvalue weighted by Crippen LogP contribution is -2.47. The van der Waals surface area contributed by atoms with E-state index >= 15 is 0 Å². The molecule has 0 aromatic heterocycles. The maximum atomic E-state index is 13.0. The van der Waals surface area contributed by atoms with Crippen LogP contribution < -0.4 is 5.32 Å². The first-order valence-electron chi connectivity index (χ1n) is 10.0. The fraction of sp³-hybridized carbons (Fsp3) is 0.571. The minimum atomic E-state index is -0.621. The van der Waals surface area contributed by atoms with E-state index in [1.165, 1.54) is 5.56 Å². The van der Waals surface area contributed by atoms with Crippen LogP contribution in [0.25, 0.3) is 0 Å². The minimum absolute atomic E-state index is 0.0195. The summed E-state index contributed by atoms with van der Waals surface area (Å²) in [4.78, 5) is 34.1. The molecule has 1 saturated heterocycles. The third-order valence-electron chi connectivity index (χ3n) is 6.45. The summed E-state index contributed by atoms with van der Waals surface area (Å²) in [5.41, 5.74) is 0.597. The number of aliphatic imine (C=N–C) groups is 1. The van der Waals surface area contributed by atoms with E-state index in [4.69, 9.17) is 4.99 Å². The number of carbonyl (C=O) groups is 2. The predicted octanol–water partition coefficient (Wildman–Crippen LogP) is 2.30. The fourth-order valence-corrected chi connectivity index (χ4v) is 5.09. The number of amidine groups is 1. The van der Waals surface area contributed by atoms with Crippen molar-refractivity contribution in [2.24, 2.45) is 16.8 Å². The van der Waals surface area contributed by atoms with Gasteiger partial charge in [-0.05, 0) is 44.6 Å². The molecule has 1 aromatic rings. The maximum Gasteiger partial charge on any atom is 0.317 e. The van der Waals surface area contributed by atoms with Gasteiger partial charge in [0.15, 0.2) is 0 Å². The summed E-state index contributed by atoms with van der Waals surface area (Å²) in [5, 5.41) is 3.04. The highest BCUT2D eigenvalue weighted by Crippen LogP contribution is 2.50. The number of amides is 3. The Labute approximate surface area is 160 Å². The molecule has 1 spiro atoms. The third kappa shape index (κ3) is 3.01. The molecule has 1 N–H and O–H groups in total. The fourth-order valence-electron chi connectivity index (χ4n) is 5.09. The number of rotatable bonds is 4. The van der Waals surface area contributed by atoms with Crippen LogP contribution in [0.1, 0.15) is 32.3 Å². The van der Waals surface area contributed by atoms with E-state index in [2.05, 4.69) is 17.4 Å². The van der Waals surface area contributed by atoms with Crippen LogP contribution in [0, 0.1) is 11.8 Å². The lowest BCUT2D eigenvalue weighted by molar-refractivity contribution is -0.132. The average molecular weight is 368 g/mol. The number of likely N-dealkylation sites (tertiary alicyclic amines) is 1. The van der Waals surface area contributed by atoms with Gasteiger partial charge in [0.25, 0.3) is 5.91 Å². The highest BCUT2D eigenvalue weighted by atomic mass is 16.2. The quantitative estimate of drug-likeness (QED) is 0.886. The topological polar surface area (TPSA) is 65.0 Å². The minimum Gasteiger partial charge on any atom is -0.338 e. The second-order valence-electron chi connectivity index (χ2n) is 7.91. The van der Waals surface area contributed by atoms with Crippen molar-refractivity contribution in [1.29, 1.82) is 0 Å². The second kappa shape index (κ2) is 6.98. The first-order valence-corrected chi connectivity index (χ1v) is 10.0. The zero-order chi connectivity index (χ0) is 19.0. The molecule has 3 atom stereocenters. The zero-order valence-corrected chi connectivity index (χ0v) is 16.1. The molecular formula is C21H28N4O2. The van der Waals surface area contributed by atoms with E-state index in [0.29, 0.717) is 25.6 Å². The molecule has 3 aliphatic rings. The molecule has 144 valence electrons. The van der Waals surface area contributed by atoms with E-state index in [1.807, 2.05) is 36.9 Å². The smallest absolute Gasteiger partial charge is 0.317 e. The number of carbonyl (C=O) groups excluding carboxylic acids is 2. The lowest BCUT2D eigenvalue weighted by atomic mass is 9.85. The number of hydrogen-bond acceptors (Lipinski definition) is 3. The van der Waals surface area contributed by atoms with Gasteiger partial charge in [-0.25, -0.2) is 4.79 Å². The Balaban J connectivity index is 1.37. The normalized spacial score (nSPS) is 29.4. The van der Waals surface area contributed by atoms with Gasteiger partial charge in [-0.2, -0.15) is 0 Å². The van der Waals surface area contributed by atoms with Gasteiger partial charge in [0.05, 0.1) is 0 Å². The average Bonchev–Trinajstić information content (AvgIpc) is 3.30. The highest BCUT2D eigenvalue weighted by molar-refractivity contribution is 6.07. The molecule has 3 amide bonds. The van der Waals surface area contributed by atoms with Crippen LogP contribution in [0.4, 0.5) is 4.79 Å². The Morgan fingerprint density at radius 3 is 2.78 bits per heavy atom. The van der Waals surface area contributed by atoms with Crippen LogP contribution in [-0.2, 0) is 11.2 Å². The van der Waals surface area contributed by atoms with Gasteiger partial charge >= 0.3 is 6.03 Å². The molecule has 6 nitrogen and oxygen atoms in total. The van der Waals surface area contributed by atoms with Crippen molar-refractivity contribution >= 4 is 17.8 Å². The molecule has 0 radical (unpaired) electrons. The van der Waals surface area contributed by atoms with Crippen LogP contribution >= 0.6 is 0 Å². The van der Waals surface area contributed by atoms with Crippen LogP contribution in [0.2, 0.25) is 0 Å². The number of nitrogens with zero attached hydrogens (tertiary/aromatic N) is 3. The largest absolute Gasteiger partial charge is 0.338 e. The van der Waals surface area contributed by atoms with Crippen molar-refractivity contribution in [2.75, 3.05) is 26.2 Å². The molecular weight excluding hydrogens is 340 g/mol. The molecule has 2 fully saturated rings. The molecule has 1 aliphatic carbocycles. The number of nitrogens with one attached hydrogen (secondary N) is 1. The number of benzene rings is 1. The van der Waals surface area contributed by atoms with Gasteiger partial charge in [-0.15, -0.1) is 0 Å². The van der Waals surface area contributed by atoms with E-state index in [9.17, 15) is 9.59 Å². The van der Waals surface area contributed by atoms with E-state index in [0.717, 1.165) is 31.6 Å². The number of fused-ring (bicyclic) bond motifs is 2. The Bertz CT molecular complexity index is 763. The number of urea groups is 1. The van der Waals surface area contributed by atoms with Crippen molar-refractivity contribution < 1.29 is 9.59 Å². The van der Waals surface area contributed by atoms with Gasteiger partial charge in [0.2, 0.25) is 0 Å². The summed E-state index contributed by atoms with van der Waals surface area (Å²) < 4.78 is 0. The Hall–Kier alpha value is -2.37. The highest BCUT2D eigenvalue weighted by Gasteiger charge is 2.60. The summed E-state index contributed by atoms with van der Waals surface area (Å²) in [6.45, 7) is 6.56. The van der Waals surface area contributed by atoms with Crippen molar-refractivity contribution in [2.45, 2.75) is 38.6 Å². The first kappa shape index (κ1) is 18.0.